The highest BCUT2D eigenvalue weighted by atomic mass is 32.1. The summed E-state index contributed by atoms with van der Waals surface area (Å²) in [5.41, 5.74) is 0. The molecule has 0 aliphatic heterocycles. The molecule has 3 nitrogen and oxygen atoms in total. The van der Waals surface area contributed by atoms with Crippen LogP contribution in [0.4, 0.5) is 0 Å². The minimum Gasteiger partial charge on any atom is -0.385 e. The third-order valence-corrected chi connectivity index (χ3v) is 3.41. The molecular formula is C11H20N2OS. The minimum atomic E-state index is 0.495. The van der Waals surface area contributed by atoms with E-state index in [9.17, 15) is 0 Å². The highest BCUT2D eigenvalue weighted by Gasteiger charge is 2.09. The molecule has 0 aromatic carbocycles. The maximum Gasteiger partial charge on any atom is 0.0965 e. The van der Waals surface area contributed by atoms with Crippen molar-refractivity contribution in [2.24, 2.45) is 0 Å². The summed E-state index contributed by atoms with van der Waals surface area (Å²) < 4.78 is 5.04. The van der Waals surface area contributed by atoms with Gasteiger partial charge in [-0.25, -0.2) is 4.98 Å². The minimum absolute atomic E-state index is 0.495. The first-order valence-electron chi connectivity index (χ1n) is 5.35. The lowest BCUT2D eigenvalue weighted by Crippen LogP contribution is -2.30. The van der Waals surface area contributed by atoms with E-state index in [2.05, 4.69) is 24.1 Å². The zero-order valence-electron chi connectivity index (χ0n) is 9.69. The van der Waals surface area contributed by atoms with E-state index in [1.165, 1.54) is 5.01 Å². The van der Waals surface area contributed by atoms with E-state index in [-0.39, 0.29) is 0 Å². The van der Waals surface area contributed by atoms with Crippen LogP contribution in [-0.4, -0.2) is 31.3 Å². The normalized spacial score (nSPS) is 15.1. The number of nitrogens with zero attached hydrogens (tertiary/aromatic N) is 1. The van der Waals surface area contributed by atoms with Gasteiger partial charge in [0.2, 0.25) is 0 Å². The maximum absolute atomic E-state index is 5.04. The second kappa shape index (κ2) is 6.93. The Kier molecular flexibility index (Phi) is 5.83. The van der Waals surface area contributed by atoms with E-state index in [1.54, 1.807) is 18.4 Å². The predicted molar refractivity (Wildman–Crippen MR) is 64.5 cm³/mol. The quantitative estimate of drug-likeness (QED) is 0.777. The summed E-state index contributed by atoms with van der Waals surface area (Å²) in [4.78, 5) is 4.31. The van der Waals surface area contributed by atoms with Gasteiger partial charge < -0.3 is 10.1 Å². The number of hydrogen-bond donors (Lipinski definition) is 1. The molecule has 1 heterocycles. The van der Waals surface area contributed by atoms with E-state index in [4.69, 9.17) is 4.74 Å². The zero-order chi connectivity index (χ0) is 11.1. The van der Waals surface area contributed by atoms with Crippen molar-refractivity contribution in [3.05, 3.63) is 16.6 Å². The Morgan fingerprint density at radius 1 is 1.53 bits per heavy atom. The van der Waals surface area contributed by atoms with Crippen molar-refractivity contribution in [2.75, 3.05) is 20.3 Å². The number of nitrogens with one attached hydrogen (secondary N) is 1. The molecule has 2 atom stereocenters. The van der Waals surface area contributed by atoms with Crippen LogP contribution in [0.15, 0.2) is 11.6 Å². The molecule has 0 saturated heterocycles. The Morgan fingerprint density at radius 2 is 2.33 bits per heavy atom. The summed E-state index contributed by atoms with van der Waals surface area (Å²) >= 11 is 1.72. The van der Waals surface area contributed by atoms with Crippen LogP contribution in [0, 0.1) is 0 Å². The summed E-state index contributed by atoms with van der Waals surface area (Å²) in [7, 11) is 1.74. The lowest BCUT2D eigenvalue weighted by atomic mass is 10.1. The first-order chi connectivity index (χ1) is 7.24. The van der Waals surface area contributed by atoms with Crippen LogP contribution < -0.4 is 5.32 Å². The van der Waals surface area contributed by atoms with E-state index in [0.717, 1.165) is 19.6 Å². The lowest BCUT2D eigenvalue weighted by molar-refractivity contribution is 0.184. The van der Waals surface area contributed by atoms with Gasteiger partial charge in [-0.05, 0) is 13.3 Å². The number of rotatable bonds is 7. The van der Waals surface area contributed by atoms with Crippen LogP contribution in [0.2, 0.25) is 0 Å². The Labute approximate surface area is 95.9 Å². The molecule has 0 fully saturated rings. The molecule has 1 aromatic rings. The largest absolute Gasteiger partial charge is 0.385 e. The third kappa shape index (κ3) is 4.73. The molecular weight excluding hydrogens is 208 g/mol. The summed E-state index contributed by atoms with van der Waals surface area (Å²) in [6, 6.07) is 0.507. The maximum atomic E-state index is 5.04. The van der Waals surface area contributed by atoms with E-state index in [1.807, 2.05) is 11.6 Å². The monoisotopic (exact) mass is 228 g/mol. The highest BCUT2D eigenvalue weighted by molar-refractivity contribution is 7.09. The fraction of sp³-hybridized carbons (Fsp3) is 0.727. The van der Waals surface area contributed by atoms with Gasteiger partial charge in [-0.3, -0.25) is 0 Å². The van der Waals surface area contributed by atoms with Crippen molar-refractivity contribution in [3.8, 4) is 0 Å². The van der Waals surface area contributed by atoms with Crippen LogP contribution in [0.5, 0.6) is 0 Å². The highest BCUT2D eigenvalue weighted by Crippen LogP contribution is 2.16. The van der Waals surface area contributed by atoms with Crippen LogP contribution in [-0.2, 0) is 4.74 Å². The molecule has 15 heavy (non-hydrogen) atoms. The molecule has 1 aromatic heterocycles. The fourth-order valence-corrected chi connectivity index (χ4v) is 2.04. The van der Waals surface area contributed by atoms with Gasteiger partial charge in [-0.1, -0.05) is 6.92 Å². The van der Waals surface area contributed by atoms with Crippen molar-refractivity contribution in [1.29, 1.82) is 0 Å². The molecule has 2 unspecified atom stereocenters. The van der Waals surface area contributed by atoms with Gasteiger partial charge in [-0.15, -0.1) is 11.3 Å². The number of aromatic nitrogens is 1. The van der Waals surface area contributed by atoms with Gasteiger partial charge in [0.05, 0.1) is 5.01 Å². The standard InChI is InChI=1S/C11H20N2OS/c1-9(11-12-5-7-15-11)8-13-10(2)4-6-14-3/h5,7,9-10,13H,4,6,8H2,1-3H3. The number of hydrogen-bond acceptors (Lipinski definition) is 4. The Hall–Kier alpha value is -0.450. The van der Waals surface area contributed by atoms with Crippen LogP contribution >= 0.6 is 11.3 Å². The first kappa shape index (κ1) is 12.6. The van der Waals surface area contributed by atoms with Gasteiger partial charge in [0, 0.05) is 43.8 Å². The van der Waals surface area contributed by atoms with Gasteiger partial charge in [0.1, 0.15) is 0 Å². The van der Waals surface area contributed by atoms with E-state index < -0.39 is 0 Å². The molecule has 0 aliphatic carbocycles. The summed E-state index contributed by atoms with van der Waals surface area (Å²) in [5, 5.41) is 6.73. The molecule has 4 heteroatoms. The molecule has 0 aliphatic rings. The second-order valence-electron chi connectivity index (χ2n) is 3.86. The number of thiazole rings is 1. The van der Waals surface area contributed by atoms with Crippen LogP contribution in [0.25, 0.3) is 0 Å². The number of methoxy groups -OCH3 is 1. The Balaban J connectivity index is 2.19. The van der Waals surface area contributed by atoms with Crippen molar-refractivity contribution < 1.29 is 4.74 Å². The summed E-state index contributed by atoms with van der Waals surface area (Å²) in [6.45, 7) is 6.20. The van der Waals surface area contributed by atoms with Crippen molar-refractivity contribution in [2.45, 2.75) is 32.2 Å². The third-order valence-electron chi connectivity index (χ3n) is 2.40. The van der Waals surface area contributed by atoms with Crippen molar-refractivity contribution in [3.63, 3.8) is 0 Å². The van der Waals surface area contributed by atoms with Crippen molar-refractivity contribution in [1.82, 2.24) is 10.3 Å². The van der Waals surface area contributed by atoms with E-state index >= 15 is 0 Å². The first-order valence-corrected chi connectivity index (χ1v) is 6.23. The number of ether oxygens (including phenoxy) is 1. The average Bonchev–Trinajstić information content (AvgIpc) is 2.76. The van der Waals surface area contributed by atoms with Gasteiger partial charge >= 0.3 is 0 Å². The van der Waals surface area contributed by atoms with Crippen LogP contribution in [0.1, 0.15) is 31.2 Å². The topological polar surface area (TPSA) is 34.1 Å². The van der Waals surface area contributed by atoms with Crippen molar-refractivity contribution >= 4 is 11.3 Å². The predicted octanol–water partition coefficient (Wildman–Crippen LogP) is 2.26. The molecule has 1 N–H and O–H groups in total. The summed E-state index contributed by atoms with van der Waals surface area (Å²) in [6.07, 6.45) is 2.92. The fourth-order valence-electron chi connectivity index (χ4n) is 1.34. The smallest absolute Gasteiger partial charge is 0.0965 e. The molecule has 86 valence electrons. The van der Waals surface area contributed by atoms with Gasteiger partial charge in [0.15, 0.2) is 0 Å². The zero-order valence-corrected chi connectivity index (χ0v) is 10.5. The molecule has 0 spiro atoms. The molecule has 1 rings (SSSR count). The van der Waals surface area contributed by atoms with Crippen LogP contribution in [0.3, 0.4) is 0 Å². The molecule has 0 radical (unpaired) electrons. The second-order valence-corrected chi connectivity index (χ2v) is 4.79. The Morgan fingerprint density at radius 3 is 2.93 bits per heavy atom. The SMILES string of the molecule is COCCC(C)NCC(C)c1nccs1. The van der Waals surface area contributed by atoms with E-state index in [0.29, 0.717) is 12.0 Å². The lowest BCUT2D eigenvalue weighted by Gasteiger charge is -2.16. The van der Waals surface area contributed by atoms with Gasteiger partial charge in [0.25, 0.3) is 0 Å². The summed E-state index contributed by atoms with van der Waals surface area (Å²) in [5.74, 6) is 0.495. The van der Waals surface area contributed by atoms with Gasteiger partial charge in [-0.2, -0.15) is 0 Å². The average molecular weight is 228 g/mol. The molecule has 0 saturated carbocycles. The molecule has 0 bridgehead atoms. The molecule has 0 amide bonds. The Bertz CT molecular complexity index is 251.